The second-order valence-corrected chi connectivity index (χ2v) is 6.97. The Morgan fingerprint density at radius 2 is 1.67 bits per heavy atom. The molecule has 4 heteroatoms. The highest BCUT2D eigenvalue weighted by Crippen LogP contribution is 2.29. The van der Waals surface area contributed by atoms with E-state index in [1.165, 1.54) is 0 Å². The highest BCUT2D eigenvalue weighted by Gasteiger charge is 2.13. The maximum absolute atomic E-state index is 12.9. The van der Waals surface area contributed by atoms with Gasteiger partial charge >= 0.3 is 0 Å². The van der Waals surface area contributed by atoms with Crippen molar-refractivity contribution in [3.05, 3.63) is 88.8 Å². The maximum atomic E-state index is 12.9. The van der Waals surface area contributed by atoms with Crippen LogP contribution in [0.25, 0.3) is 22.3 Å². The molecule has 0 aliphatic rings. The quantitative estimate of drug-likeness (QED) is 0.493. The molecule has 0 N–H and O–H groups in total. The maximum Gasteiger partial charge on any atom is 0.231 e. The van der Waals surface area contributed by atoms with Gasteiger partial charge in [-0.25, -0.2) is 0 Å². The van der Waals surface area contributed by atoms with Crippen LogP contribution < -0.4 is 10.2 Å². The molecular formula is C23H22ClNO2. The normalized spacial score (nSPS) is 10.8. The van der Waals surface area contributed by atoms with Crippen molar-refractivity contribution in [2.75, 3.05) is 6.61 Å². The van der Waals surface area contributed by atoms with Gasteiger partial charge < -0.3 is 9.30 Å². The highest BCUT2D eigenvalue weighted by molar-refractivity contribution is 6.33. The van der Waals surface area contributed by atoms with Gasteiger partial charge in [0.25, 0.3) is 0 Å². The molecule has 0 atom stereocenters. The van der Waals surface area contributed by atoms with E-state index in [1.54, 1.807) is 12.3 Å². The molecule has 3 nitrogen and oxygen atoms in total. The fraction of sp³-hybridized carbons (Fsp3) is 0.174. The minimum atomic E-state index is -0.126. The van der Waals surface area contributed by atoms with Gasteiger partial charge in [0.1, 0.15) is 6.61 Å². The number of rotatable bonds is 6. The van der Waals surface area contributed by atoms with E-state index < -0.39 is 0 Å². The minimum absolute atomic E-state index is 0.126. The summed E-state index contributed by atoms with van der Waals surface area (Å²) in [5.74, 6) is 0.330. The summed E-state index contributed by atoms with van der Waals surface area (Å²) in [5.41, 5.74) is 3.30. The third-order valence-corrected chi connectivity index (χ3v) is 4.68. The molecule has 1 heterocycles. The van der Waals surface area contributed by atoms with E-state index >= 15 is 0 Å². The predicted octanol–water partition coefficient (Wildman–Crippen LogP) is 5.98. The van der Waals surface area contributed by atoms with Crippen LogP contribution in [0.3, 0.4) is 0 Å². The molecule has 0 spiro atoms. The van der Waals surface area contributed by atoms with Crippen LogP contribution in [0.1, 0.15) is 19.9 Å². The second-order valence-electron chi connectivity index (χ2n) is 6.56. The van der Waals surface area contributed by atoms with E-state index in [2.05, 4.69) is 20.4 Å². The van der Waals surface area contributed by atoms with E-state index in [-0.39, 0.29) is 11.5 Å². The third-order valence-electron chi connectivity index (χ3n) is 4.35. The van der Waals surface area contributed by atoms with Gasteiger partial charge in [-0.15, -0.1) is 0 Å². The summed E-state index contributed by atoms with van der Waals surface area (Å²) in [6.45, 7) is 8.06. The zero-order valence-electron chi connectivity index (χ0n) is 15.5. The standard InChI is InChI=1S/C23H22ClNO2/c1-4-13-27-22-15-25(16(2)3)14-20(23(22)26)18-11-9-17(10-12-18)19-7-5-6-8-21(19)24/h4-12,14-16H,1,13H2,2-3H3. The van der Waals surface area contributed by atoms with Gasteiger partial charge in [-0.3, -0.25) is 4.79 Å². The summed E-state index contributed by atoms with van der Waals surface area (Å²) in [4.78, 5) is 12.9. The molecule has 1 aromatic heterocycles. The van der Waals surface area contributed by atoms with Crippen LogP contribution >= 0.6 is 11.6 Å². The molecule has 3 aromatic rings. The molecule has 2 aromatic carbocycles. The van der Waals surface area contributed by atoms with Crippen LogP contribution in [0.15, 0.2) is 78.4 Å². The fourth-order valence-electron chi connectivity index (χ4n) is 2.85. The summed E-state index contributed by atoms with van der Waals surface area (Å²) < 4.78 is 7.56. The first-order valence-corrected chi connectivity index (χ1v) is 9.24. The van der Waals surface area contributed by atoms with Gasteiger partial charge in [0, 0.05) is 28.4 Å². The number of ether oxygens (including phenoxy) is 1. The lowest BCUT2D eigenvalue weighted by Gasteiger charge is -2.15. The Kier molecular flexibility index (Phi) is 5.82. The highest BCUT2D eigenvalue weighted by atomic mass is 35.5. The van der Waals surface area contributed by atoms with Crippen molar-refractivity contribution in [3.63, 3.8) is 0 Å². The van der Waals surface area contributed by atoms with Crippen molar-refractivity contribution in [1.82, 2.24) is 4.57 Å². The molecule has 0 amide bonds. The Morgan fingerprint density at radius 1 is 1.04 bits per heavy atom. The fourth-order valence-corrected chi connectivity index (χ4v) is 3.10. The van der Waals surface area contributed by atoms with Crippen LogP contribution in [0, 0.1) is 0 Å². The summed E-state index contributed by atoms with van der Waals surface area (Å²) in [5, 5.41) is 0.701. The Morgan fingerprint density at radius 3 is 2.26 bits per heavy atom. The van der Waals surface area contributed by atoms with Gasteiger partial charge in [0.05, 0.1) is 6.20 Å². The van der Waals surface area contributed by atoms with Crippen molar-refractivity contribution in [1.29, 1.82) is 0 Å². The first-order chi connectivity index (χ1) is 13.0. The molecule has 0 aliphatic carbocycles. The zero-order valence-corrected chi connectivity index (χ0v) is 16.2. The molecule has 0 bridgehead atoms. The lowest BCUT2D eigenvalue weighted by Crippen LogP contribution is -2.15. The summed E-state index contributed by atoms with van der Waals surface area (Å²) in [7, 11) is 0. The van der Waals surface area contributed by atoms with Crippen molar-refractivity contribution in [2.24, 2.45) is 0 Å². The number of hydrogen-bond donors (Lipinski definition) is 0. The lowest BCUT2D eigenvalue weighted by atomic mass is 10.0. The third kappa shape index (κ3) is 4.15. The first-order valence-electron chi connectivity index (χ1n) is 8.86. The number of pyridine rings is 1. The lowest BCUT2D eigenvalue weighted by molar-refractivity contribution is 0.354. The minimum Gasteiger partial charge on any atom is -0.484 e. The van der Waals surface area contributed by atoms with Gasteiger partial charge in [0.2, 0.25) is 5.43 Å². The second kappa shape index (κ2) is 8.28. The van der Waals surface area contributed by atoms with Crippen molar-refractivity contribution in [3.8, 4) is 28.0 Å². The van der Waals surface area contributed by atoms with Crippen molar-refractivity contribution in [2.45, 2.75) is 19.9 Å². The number of halogens is 1. The number of hydrogen-bond acceptors (Lipinski definition) is 2. The molecule has 0 aliphatic heterocycles. The summed E-state index contributed by atoms with van der Waals surface area (Å²) >= 11 is 6.29. The number of nitrogens with zero attached hydrogens (tertiary/aromatic N) is 1. The molecule has 0 saturated heterocycles. The van der Waals surface area contributed by atoms with Gasteiger partial charge in [-0.2, -0.15) is 0 Å². The molecule has 3 rings (SSSR count). The van der Waals surface area contributed by atoms with Crippen molar-refractivity contribution >= 4 is 11.6 Å². The molecular weight excluding hydrogens is 358 g/mol. The Labute approximate surface area is 164 Å². The van der Waals surface area contributed by atoms with E-state index in [9.17, 15) is 4.79 Å². The van der Waals surface area contributed by atoms with Crippen LogP contribution in [0.2, 0.25) is 5.02 Å². The van der Waals surface area contributed by atoms with Gasteiger partial charge in [-0.05, 0) is 31.0 Å². The Bertz CT molecular complexity index is 1000. The predicted molar refractivity (Wildman–Crippen MR) is 113 cm³/mol. The SMILES string of the molecule is C=CCOc1cn(C(C)C)cc(-c2ccc(-c3ccccc3Cl)cc2)c1=O. The molecule has 27 heavy (non-hydrogen) atoms. The summed E-state index contributed by atoms with van der Waals surface area (Å²) in [6, 6.07) is 15.8. The average molecular weight is 380 g/mol. The molecule has 0 fully saturated rings. The smallest absolute Gasteiger partial charge is 0.231 e. The molecule has 138 valence electrons. The van der Waals surface area contributed by atoms with Crippen molar-refractivity contribution < 1.29 is 4.74 Å². The molecule has 0 unspecified atom stereocenters. The van der Waals surface area contributed by atoms with E-state index in [4.69, 9.17) is 16.3 Å². The van der Waals surface area contributed by atoms with E-state index in [0.717, 1.165) is 16.7 Å². The summed E-state index contributed by atoms with van der Waals surface area (Å²) in [6.07, 6.45) is 5.25. The van der Waals surface area contributed by atoms with Crippen LogP contribution in [-0.2, 0) is 0 Å². The monoisotopic (exact) mass is 379 g/mol. The van der Waals surface area contributed by atoms with Gasteiger partial charge in [0.15, 0.2) is 5.75 Å². The Balaban J connectivity index is 2.05. The Hall–Kier alpha value is -2.78. The van der Waals surface area contributed by atoms with Crippen LogP contribution in [-0.4, -0.2) is 11.2 Å². The molecule has 0 radical (unpaired) electrons. The molecule has 0 saturated carbocycles. The largest absolute Gasteiger partial charge is 0.484 e. The van der Waals surface area contributed by atoms with Gasteiger partial charge in [-0.1, -0.05) is 66.7 Å². The number of aromatic nitrogens is 1. The average Bonchev–Trinajstić information content (AvgIpc) is 2.67. The van der Waals surface area contributed by atoms with Crippen LogP contribution in [0.5, 0.6) is 5.75 Å². The van der Waals surface area contributed by atoms with Crippen LogP contribution in [0.4, 0.5) is 0 Å². The van der Waals surface area contributed by atoms with E-state index in [0.29, 0.717) is 22.9 Å². The first kappa shape index (κ1) is 19.0. The topological polar surface area (TPSA) is 31.2 Å². The zero-order chi connectivity index (χ0) is 19.4. The van der Waals surface area contributed by atoms with E-state index in [1.807, 2.05) is 59.3 Å². The number of benzene rings is 2.